The first-order valence-corrected chi connectivity index (χ1v) is 11.9. The van der Waals surface area contributed by atoms with Gasteiger partial charge in [-0.05, 0) is 54.4 Å². The van der Waals surface area contributed by atoms with Crippen LogP contribution >= 0.6 is 0 Å². The van der Waals surface area contributed by atoms with Gasteiger partial charge >= 0.3 is 0 Å². The SMILES string of the molecule is N=S(N)(=O)c1c(C(=O)Nc2c3c(cc4c2[C@@H](C(F)F)CC4)CCC3)nn2c1OCCC2. The van der Waals surface area contributed by atoms with Gasteiger partial charge in [0.2, 0.25) is 12.3 Å². The number of carbonyl (C=O) groups excluding carboxylic acids is 1. The molecule has 166 valence electrons. The number of amides is 1. The van der Waals surface area contributed by atoms with E-state index in [-0.39, 0.29) is 16.5 Å². The number of ether oxygens (including phenoxy) is 1. The van der Waals surface area contributed by atoms with Gasteiger partial charge in [-0.2, -0.15) is 5.10 Å². The van der Waals surface area contributed by atoms with E-state index in [9.17, 15) is 17.8 Å². The van der Waals surface area contributed by atoms with Crippen LogP contribution in [0.2, 0.25) is 0 Å². The maximum absolute atomic E-state index is 13.8. The summed E-state index contributed by atoms with van der Waals surface area (Å²) in [4.78, 5) is 13.0. The summed E-state index contributed by atoms with van der Waals surface area (Å²) in [5.41, 5.74) is 3.45. The van der Waals surface area contributed by atoms with E-state index in [0.29, 0.717) is 50.1 Å². The first-order valence-electron chi connectivity index (χ1n) is 10.3. The Balaban J connectivity index is 1.61. The maximum Gasteiger partial charge on any atom is 0.277 e. The van der Waals surface area contributed by atoms with E-state index in [1.165, 1.54) is 4.68 Å². The third kappa shape index (κ3) is 3.30. The lowest BCUT2D eigenvalue weighted by atomic mass is 9.94. The lowest BCUT2D eigenvalue weighted by molar-refractivity contribution is 0.101. The Morgan fingerprint density at radius 3 is 2.87 bits per heavy atom. The van der Waals surface area contributed by atoms with Crippen molar-refractivity contribution in [2.24, 2.45) is 5.14 Å². The number of nitrogens with zero attached hydrogens (tertiary/aromatic N) is 2. The molecule has 5 rings (SSSR count). The number of hydrogen-bond donors (Lipinski definition) is 3. The van der Waals surface area contributed by atoms with Gasteiger partial charge in [-0.15, -0.1) is 0 Å². The summed E-state index contributed by atoms with van der Waals surface area (Å²) in [5.74, 6) is -1.59. The standard InChI is InChI=1S/C20H23F2N5O3S/c21-18(22)13-6-5-11-9-10-3-1-4-12(10)15(14(11)13)25-19(28)16-17(31(23,24)29)20-27(26-16)7-2-8-30-20/h9,13,18H,1-8H2,(H,25,28)(H3,23,24,29)/t13-/m0/s1. The second-order valence-corrected chi connectivity index (χ2v) is 9.87. The molecule has 2 heterocycles. The van der Waals surface area contributed by atoms with Crippen LogP contribution in [0, 0.1) is 4.78 Å². The highest BCUT2D eigenvalue weighted by Crippen LogP contribution is 2.46. The van der Waals surface area contributed by atoms with E-state index in [1.807, 2.05) is 6.07 Å². The van der Waals surface area contributed by atoms with Gasteiger partial charge in [-0.3, -0.25) is 4.79 Å². The van der Waals surface area contributed by atoms with Crippen molar-refractivity contribution >= 4 is 21.5 Å². The first-order chi connectivity index (χ1) is 14.8. The van der Waals surface area contributed by atoms with E-state index in [0.717, 1.165) is 29.5 Å². The molecule has 0 spiro atoms. The molecule has 1 aromatic heterocycles. The van der Waals surface area contributed by atoms with Crippen LogP contribution in [0.15, 0.2) is 11.0 Å². The van der Waals surface area contributed by atoms with Crippen LogP contribution in [-0.2, 0) is 35.7 Å². The third-order valence-corrected chi connectivity index (χ3v) is 7.27. The average molecular weight is 451 g/mol. The summed E-state index contributed by atoms with van der Waals surface area (Å²) in [6.45, 7) is 0.778. The Bertz CT molecular complexity index is 1190. The average Bonchev–Trinajstić information content (AvgIpc) is 3.42. The van der Waals surface area contributed by atoms with Crippen LogP contribution in [0.3, 0.4) is 0 Å². The monoisotopic (exact) mass is 451 g/mol. The highest BCUT2D eigenvalue weighted by atomic mass is 32.2. The van der Waals surface area contributed by atoms with Crippen molar-refractivity contribution in [3.63, 3.8) is 0 Å². The second kappa shape index (κ2) is 7.27. The fraction of sp³-hybridized carbons (Fsp3) is 0.500. The zero-order chi connectivity index (χ0) is 21.9. The molecule has 8 nitrogen and oxygen atoms in total. The Kier molecular flexibility index (Phi) is 4.78. The third-order valence-electron chi connectivity index (χ3n) is 6.30. The number of anilines is 1. The summed E-state index contributed by atoms with van der Waals surface area (Å²) in [6.07, 6.45) is 1.41. The number of hydrogen-bond acceptors (Lipinski definition) is 5. The molecule has 3 aliphatic rings. The van der Waals surface area contributed by atoms with Gasteiger partial charge in [0.1, 0.15) is 9.92 Å². The van der Waals surface area contributed by atoms with E-state index < -0.39 is 28.2 Å². The fourth-order valence-electron chi connectivity index (χ4n) is 5.00. The van der Waals surface area contributed by atoms with Gasteiger partial charge < -0.3 is 10.1 Å². The highest BCUT2D eigenvalue weighted by Gasteiger charge is 2.37. The normalized spacial score (nSPS) is 21.2. The number of aromatic nitrogens is 2. The van der Waals surface area contributed by atoms with E-state index in [1.54, 1.807) is 0 Å². The molecule has 0 saturated heterocycles. The van der Waals surface area contributed by atoms with Crippen LogP contribution in [-0.4, -0.2) is 32.9 Å². The summed E-state index contributed by atoms with van der Waals surface area (Å²) >= 11 is 0. The fourth-order valence-corrected chi connectivity index (χ4v) is 5.85. The molecule has 31 heavy (non-hydrogen) atoms. The number of aryl methyl sites for hydroxylation is 3. The molecule has 4 N–H and O–H groups in total. The number of carbonyl (C=O) groups is 1. The molecule has 2 atom stereocenters. The van der Waals surface area contributed by atoms with Crippen LogP contribution < -0.4 is 15.2 Å². The van der Waals surface area contributed by atoms with E-state index >= 15 is 0 Å². The predicted octanol–water partition coefficient (Wildman–Crippen LogP) is 2.98. The smallest absolute Gasteiger partial charge is 0.277 e. The molecule has 0 bridgehead atoms. The number of benzene rings is 1. The largest absolute Gasteiger partial charge is 0.477 e. The maximum atomic E-state index is 13.8. The molecule has 1 aromatic carbocycles. The Labute approximate surface area is 178 Å². The number of alkyl halides is 2. The van der Waals surface area contributed by atoms with Gasteiger partial charge in [0.15, 0.2) is 10.6 Å². The summed E-state index contributed by atoms with van der Waals surface area (Å²) in [7, 11) is -3.81. The Morgan fingerprint density at radius 1 is 1.32 bits per heavy atom. The zero-order valence-electron chi connectivity index (χ0n) is 16.7. The molecule has 11 heteroatoms. The summed E-state index contributed by atoms with van der Waals surface area (Å²) in [6, 6.07) is 2.00. The molecular formula is C20H23F2N5O3S. The number of nitrogens with one attached hydrogen (secondary N) is 2. The molecule has 1 aliphatic heterocycles. The molecular weight excluding hydrogens is 428 g/mol. The van der Waals surface area contributed by atoms with Crippen LogP contribution in [0.25, 0.3) is 0 Å². The van der Waals surface area contributed by atoms with E-state index in [2.05, 4.69) is 10.4 Å². The lowest BCUT2D eigenvalue weighted by Crippen LogP contribution is -2.21. The van der Waals surface area contributed by atoms with Crippen molar-refractivity contribution in [1.29, 1.82) is 4.78 Å². The molecule has 0 fully saturated rings. The molecule has 1 unspecified atom stereocenters. The van der Waals surface area contributed by atoms with Crippen molar-refractivity contribution in [1.82, 2.24) is 9.78 Å². The van der Waals surface area contributed by atoms with Crippen molar-refractivity contribution in [3.05, 3.63) is 34.0 Å². The van der Waals surface area contributed by atoms with Crippen LogP contribution in [0.1, 0.15) is 57.9 Å². The summed E-state index contributed by atoms with van der Waals surface area (Å²) in [5, 5.41) is 12.6. The molecule has 2 aromatic rings. The molecule has 2 aliphatic carbocycles. The molecule has 0 saturated carbocycles. The van der Waals surface area contributed by atoms with Crippen molar-refractivity contribution < 1.29 is 22.5 Å². The number of fused-ring (bicyclic) bond motifs is 3. The predicted molar refractivity (Wildman–Crippen MR) is 109 cm³/mol. The summed E-state index contributed by atoms with van der Waals surface area (Å²) < 4.78 is 54.7. The lowest BCUT2D eigenvalue weighted by Gasteiger charge is -2.20. The quantitative estimate of drug-likeness (QED) is 0.661. The number of rotatable bonds is 4. The van der Waals surface area contributed by atoms with Crippen molar-refractivity contribution in [2.45, 2.75) is 62.3 Å². The topological polar surface area (TPSA) is 123 Å². The highest BCUT2D eigenvalue weighted by molar-refractivity contribution is 7.90. The van der Waals surface area contributed by atoms with Crippen molar-refractivity contribution in [3.8, 4) is 5.88 Å². The number of halogens is 2. The van der Waals surface area contributed by atoms with Crippen LogP contribution in [0.4, 0.5) is 14.5 Å². The van der Waals surface area contributed by atoms with Gasteiger partial charge in [-0.25, -0.2) is 27.6 Å². The van der Waals surface area contributed by atoms with Crippen molar-refractivity contribution in [2.75, 3.05) is 11.9 Å². The van der Waals surface area contributed by atoms with Gasteiger partial charge in [-0.1, -0.05) is 6.07 Å². The Hall–Kier alpha value is -2.53. The number of nitrogens with two attached hydrogens (primary N) is 1. The molecule has 1 amide bonds. The molecule has 0 radical (unpaired) electrons. The minimum atomic E-state index is -3.81. The van der Waals surface area contributed by atoms with E-state index in [4.69, 9.17) is 14.7 Å². The minimum absolute atomic E-state index is 0.0628. The second-order valence-electron chi connectivity index (χ2n) is 8.26. The minimum Gasteiger partial charge on any atom is -0.477 e. The van der Waals surface area contributed by atoms with Gasteiger partial charge in [0.05, 0.1) is 6.61 Å². The first kappa shape index (κ1) is 20.4. The van der Waals surface area contributed by atoms with Gasteiger partial charge in [0, 0.05) is 24.6 Å². The zero-order valence-corrected chi connectivity index (χ0v) is 17.6. The van der Waals surface area contributed by atoms with Crippen LogP contribution in [0.5, 0.6) is 5.88 Å². The van der Waals surface area contributed by atoms with Gasteiger partial charge in [0.25, 0.3) is 5.91 Å². The Morgan fingerprint density at radius 2 is 2.13 bits per heavy atom.